The van der Waals surface area contributed by atoms with Crippen LogP contribution in [0.4, 0.5) is 34.1 Å². The average molecular weight is 1840 g/mol. The van der Waals surface area contributed by atoms with Gasteiger partial charge in [0.2, 0.25) is 0 Å². The molecule has 0 radical (unpaired) electrons. The Morgan fingerprint density at radius 1 is 0.162 bits per heavy atom. The summed E-state index contributed by atoms with van der Waals surface area (Å²) in [4.78, 5) is 4.84. The highest BCUT2D eigenvalue weighted by molar-refractivity contribution is 6.29. The molecule has 6 heteroatoms. The van der Waals surface area contributed by atoms with Gasteiger partial charge in [0.1, 0.15) is 22.3 Å². The molecule has 26 aromatic rings. The molecule has 0 bridgehead atoms. The molecule has 26 rings (SSSR count). The van der Waals surface area contributed by atoms with Crippen molar-refractivity contribution < 1.29 is 8.83 Å². The van der Waals surface area contributed by atoms with Crippen LogP contribution in [0.15, 0.2) is 385 Å². The highest BCUT2D eigenvalue weighted by atomic mass is 16.3. The summed E-state index contributed by atoms with van der Waals surface area (Å²) in [7, 11) is 0. The first-order valence-electron chi connectivity index (χ1n) is 50.4. The first-order valence-corrected chi connectivity index (χ1v) is 50.4. The third-order valence-corrected chi connectivity index (χ3v) is 30.6. The van der Waals surface area contributed by atoms with Crippen molar-refractivity contribution in [3.8, 4) is 44.5 Å². The van der Waals surface area contributed by atoms with Gasteiger partial charge in [-0.2, -0.15) is 0 Å². The fourth-order valence-electron chi connectivity index (χ4n) is 22.5. The Morgan fingerprint density at radius 2 is 0.387 bits per heavy atom. The fraction of sp³-hybridized carbons (Fsp3) is 0.176. The maximum absolute atomic E-state index is 6.18. The van der Waals surface area contributed by atoms with Crippen molar-refractivity contribution in [2.45, 2.75) is 157 Å². The third kappa shape index (κ3) is 14.9. The summed E-state index contributed by atoms with van der Waals surface area (Å²) in [5.41, 5.74) is 35.9. The van der Waals surface area contributed by atoms with Gasteiger partial charge >= 0.3 is 0 Å². The van der Waals surface area contributed by atoms with E-state index in [1.807, 2.05) is 24.3 Å². The second-order valence-electron chi connectivity index (χ2n) is 46.3. The van der Waals surface area contributed by atoms with Crippen LogP contribution in [0.1, 0.15) is 158 Å². The van der Waals surface area contributed by atoms with Gasteiger partial charge in [0, 0.05) is 98.8 Å². The van der Waals surface area contributed by atoms with Crippen LogP contribution in [0.3, 0.4) is 0 Å². The van der Waals surface area contributed by atoms with Crippen molar-refractivity contribution in [2.24, 2.45) is 0 Å². The Hall–Kier alpha value is -15.8. The van der Waals surface area contributed by atoms with E-state index in [1.165, 1.54) is 197 Å². The number of hydrogen-bond acceptors (Lipinski definition) is 4. The molecule has 0 saturated heterocycles. The van der Waals surface area contributed by atoms with Crippen LogP contribution in [-0.2, 0) is 32.5 Å². The quantitative estimate of drug-likeness (QED) is 0.137. The summed E-state index contributed by atoms with van der Waals surface area (Å²) in [5, 5.41) is 24.5. The number of hydrogen-bond donors (Lipinski definition) is 0. The number of furan rings is 2. The Morgan fingerprint density at radius 3 is 0.676 bits per heavy atom. The predicted octanol–water partition coefficient (Wildman–Crippen LogP) is 39.5. The van der Waals surface area contributed by atoms with Crippen molar-refractivity contribution in [2.75, 3.05) is 9.80 Å². The molecule has 6 nitrogen and oxygen atoms in total. The molecular formula is C136H116N4O2. The normalized spacial score (nSPS) is 12.9. The van der Waals surface area contributed by atoms with Gasteiger partial charge in [-0.15, -0.1) is 0 Å². The maximum Gasteiger partial charge on any atom is 0.135 e. The molecule has 0 saturated carbocycles. The maximum atomic E-state index is 6.18. The number of para-hydroxylation sites is 2. The first-order chi connectivity index (χ1) is 68.1. The predicted molar refractivity (Wildman–Crippen MR) is 610 cm³/mol. The van der Waals surface area contributed by atoms with Crippen LogP contribution in [-0.4, -0.2) is 8.80 Å². The lowest BCUT2D eigenvalue weighted by molar-refractivity contribution is 0.590. The van der Waals surface area contributed by atoms with E-state index in [-0.39, 0.29) is 32.5 Å². The Bertz CT molecular complexity index is 8990. The lowest BCUT2D eigenvalue weighted by Gasteiger charge is -2.28. The van der Waals surface area contributed by atoms with E-state index in [9.17, 15) is 0 Å². The lowest BCUT2D eigenvalue weighted by Crippen LogP contribution is -2.14. The standard InChI is InChI=1S/C76H77N3.C60H39NO2/c1-72(2,3)54-20-16-48(17-21-54)53-44-67-65-42-49-18-30-63(77(59-32-22-55(23-33-59)73(4,5)6)60-34-24-56(25-35-60)74(7,8)9)40-51(49)46-69(65)79-70-47-52-41-64(31-19-50(52)43-66(70)68(45-53)71(67)79)78(61-36-26-57(27-37-61)75(10,11)12)62-38-28-58(29-39-62)76(13,14)15;1-60(2,3)44-20-16-34(17-21-44)43-30-51-47-26-39-14-12-35(37-18-22-57-49(28-37)45-8-4-6-10-55(45)62-57)24-41(39)32-53(47)61-54-33-42-25-36(13-15-40(42)27-48(54)52(31-43)59(51)61)38-19-23-58-50(29-38)46-9-5-7-11-56(46)63-58/h16-47H,1-15H3;4-33H,1-3H3. The topological polar surface area (TPSA) is 41.6 Å². The van der Waals surface area contributed by atoms with Crippen LogP contribution < -0.4 is 9.80 Å². The summed E-state index contributed by atoms with van der Waals surface area (Å²) >= 11 is 0. The number of rotatable bonds is 10. The second-order valence-corrected chi connectivity index (χ2v) is 46.3. The van der Waals surface area contributed by atoms with Gasteiger partial charge in [0.05, 0.1) is 33.1 Å². The molecule has 6 heterocycles. The van der Waals surface area contributed by atoms with Crippen molar-refractivity contribution in [3.63, 3.8) is 0 Å². The van der Waals surface area contributed by atoms with E-state index in [2.05, 4.69) is 495 Å². The highest BCUT2D eigenvalue weighted by Crippen LogP contribution is 2.51. The molecule has 6 aromatic heterocycles. The Balaban J connectivity index is 0.000000153. The number of fused-ring (bicyclic) bond motifs is 22. The summed E-state index contributed by atoms with van der Waals surface area (Å²) in [6, 6.07) is 142. The van der Waals surface area contributed by atoms with E-state index in [1.54, 1.807) is 0 Å². The van der Waals surface area contributed by atoms with E-state index >= 15 is 0 Å². The molecule has 0 spiro atoms. The van der Waals surface area contributed by atoms with Crippen molar-refractivity contribution in [1.29, 1.82) is 0 Å². The van der Waals surface area contributed by atoms with Gasteiger partial charge in [-0.25, -0.2) is 0 Å². The average Bonchev–Trinajstić information content (AvgIpc) is 1.53. The molecular weight excluding hydrogens is 1720 g/mol. The summed E-state index contributed by atoms with van der Waals surface area (Å²) in [6.45, 7) is 41.1. The first kappa shape index (κ1) is 87.7. The zero-order chi connectivity index (χ0) is 97.4. The molecule has 0 aliphatic heterocycles. The fourth-order valence-corrected chi connectivity index (χ4v) is 22.5. The van der Waals surface area contributed by atoms with Crippen molar-refractivity contribution in [3.05, 3.63) is 409 Å². The lowest BCUT2D eigenvalue weighted by atomic mass is 9.86. The van der Waals surface area contributed by atoms with E-state index in [4.69, 9.17) is 8.83 Å². The molecule has 0 N–H and O–H groups in total. The molecule has 0 fully saturated rings. The molecule has 142 heavy (non-hydrogen) atoms. The van der Waals surface area contributed by atoms with Crippen LogP contribution in [0, 0.1) is 0 Å². The minimum atomic E-state index is 0.0527. The van der Waals surface area contributed by atoms with E-state index < -0.39 is 0 Å². The number of nitrogens with zero attached hydrogens (tertiary/aromatic N) is 4. The molecule has 692 valence electrons. The largest absolute Gasteiger partial charge is 0.456 e. The molecule has 0 aliphatic rings. The number of benzene rings is 20. The smallest absolute Gasteiger partial charge is 0.135 e. The summed E-state index contributed by atoms with van der Waals surface area (Å²) in [6.07, 6.45) is 0. The minimum Gasteiger partial charge on any atom is -0.456 e. The van der Waals surface area contributed by atoms with E-state index in [0.29, 0.717) is 0 Å². The third-order valence-electron chi connectivity index (χ3n) is 30.6. The van der Waals surface area contributed by atoms with Crippen LogP contribution in [0.2, 0.25) is 0 Å². The molecule has 0 atom stereocenters. The monoisotopic (exact) mass is 1840 g/mol. The second kappa shape index (κ2) is 31.9. The zero-order valence-electron chi connectivity index (χ0n) is 84.4. The Labute approximate surface area is 830 Å². The van der Waals surface area contributed by atoms with Gasteiger partial charge in [-0.1, -0.05) is 307 Å². The SMILES string of the molecule is CC(C)(C)c1ccc(-c2cc3c4cc5ccc(-c6ccc7oc8ccccc8c7c6)cc5cc4n4c5cc6cc(-c7ccc8oc9ccccc9c8c7)ccc6cc5c(c2)c34)cc1.CC(C)(C)c1ccc(-c2cc3c4cc5ccc(N(c6ccc(C(C)(C)C)cc6)c6ccc(C(C)(C)C)cc6)cc5cc4n4c5cc6cc(N(c7ccc(C(C)(C)C)cc7)c7ccc(C(C)(C)C)cc7)ccc6cc5c(c2)c34)cc1. The molecule has 0 unspecified atom stereocenters. The van der Waals surface area contributed by atoms with E-state index in [0.717, 1.165) is 78.0 Å². The zero-order valence-corrected chi connectivity index (χ0v) is 84.4. The molecule has 20 aromatic carbocycles. The molecule has 0 amide bonds. The number of aromatic nitrogens is 2. The highest BCUT2D eigenvalue weighted by Gasteiger charge is 2.29. The summed E-state index contributed by atoms with van der Waals surface area (Å²) < 4.78 is 17.5. The van der Waals surface area contributed by atoms with Gasteiger partial charge in [-0.3, -0.25) is 0 Å². The minimum absolute atomic E-state index is 0.0527. The number of anilines is 6. The van der Waals surface area contributed by atoms with Crippen LogP contribution in [0.25, 0.3) is 208 Å². The van der Waals surface area contributed by atoms with Crippen LogP contribution in [0.5, 0.6) is 0 Å². The van der Waals surface area contributed by atoms with Crippen molar-refractivity contribution in [1.82, 2.24) is 8.80 Å². The van der Waals surface area contributed by atoms with Crippen LogP contribution >= 0.6 is 0 Å². The van der Waals surface area contributed by atoms with Gasteiger partial charge < -0.3 is 27.4 Å². The van der Waals surface area contributed by atoms with Gasteiger partial charge in [-0.05, 0) is 348 Å². The van der Waals surface area contributed by atoms with Crippen molar-refractivity contribution >= 4 is 197 Å². The Kier molecular flexibility index (Phi) is 19.7. The van der Waals surface area contributed by atoms with Gasteiger partial charge in [0.25, 0.3) is 0 Å². The van der Waals surface area contributed by atoms with Gasteiger partial charge in [0.15, 0.2) is 0 Å². The summed E-state index contributed by atoms with van der Waals surface area (Å²) in [5.74, 6) is 0. The molecule has 0 aliphatic carbocycles.